The molecule has 0 saturated carbocycles. The third-order valence-electron chi connectivity index (χ3n) is 3.70. The van der Waals surface area contributed by atoms with Crippen LogP contribution in [-0.4, -0.2) is 20.6 Å². The van der Waals surface area contributed by atoms with Gasteiger partial charge in [-0.15, -0.1) is 0 Å². The number of aromatic nitrogens is 2. The van der Waals surface area contributed by atoms with Crippen LogP contribution in [0.2, 0.25) is 0 Å². The molecule has 1 unspecified atom stereocenters. The first-order chi connectivity index (χ1) is 11.2. The van der Waals surface area contributed by atoms with Crippen molar-refractivity contribution in [1.29, 1.82) is 0 Å². The number of nitrogens with one attached hydrogen (secondary N) is 1. The molecule has 0 radical (unpaired) electrons. The Morgan fingerprint density at radius 1 is 1.17 bits per heavy atom. The van der Waals surface area contributed by atoms with Crippen molar-refractivity contribution in [2.75, 3.05) is 5.32 Å². The lowest BCUT2D eigenvalue weighted by Crippen LogP contribution is -2.23. The van der Waals surface area contributed by atoms with Crippen LogP contribution in [0, 0.1) is 0 Å². The van der Waals surface area contributed by atoms with E-state index in [0.29, 0.717) is 11.5 Å². The summed E-state index contributed by atoms with van der Waals surface area (Å²) in [7, 11) is 0. The quantitative estimate of drug-likeness (QED) is 0.761. The average Bonchev–Trinajstić information content (AvgIpc) is 2.93. The minimum atomic E-state index is -1.22. The molecule has 3 aromatic rings. The number of aliphatic hydroxyl groups excluding tert-OH is 1. The molecule has 0 bridgehead atoms. The van der Waals surface area contributed by atoms with Crippen molar-refractivity contribution in [3.8, 4) is 0 Å². The number of hydrogen-bond donors (Lipinski definition) is 2. The molecule has 2 aromatic carbocycles. The summed E-state index contributed by atoms with van der Waals surface area (Å²) in [5.74, 6) is -0.0168. The number of anilines is 1. The standard InChI is InChI=1S/C18H19N3O2/c1-2-12-21-15-11-7-6-10-14(15)19-18(21)20-17(23)16(22)13-8-4-3-5-9-13/h3-11,16,22H,2,12H2,1H3,(H,19,20,23). The number of hydrogen-bond acceptors (Lipinski definition) is 3. The summed E-state index contributed by atoms with van der Waals surface area (Å²) < 4.78 is 1.96. The van der Waals surface area contributed by atoms with Crippen LogP contribution in [0.5, 0.6) is 0 Å². The Bertz CT molecular complexity index is 812. The van der Waals surface area contributed by atoms with E-state index in [1.807, 2.05) is 34.9 Å². The molecule has 5 nitrogen and oxygen atoms in total. The lowest BCUT2D eigenvalue weighted by molar-refractivity contribution is -0.124. The zero-order valence-electron chi connectivity index (χ0n) is 12.9. The van der Waals surface area contributed by atoms with Gasteiger partial charge in [0.2, 0.25) is 5.95 Å². The summed E-state index contributed by atoms with van der Waals surface area (Å²) in [4.78, 5) is 16.8. The molecular formula is C18H19N3O2. The Morgan fingerprint density at radius 3 is 2.61 bits per heavy atom. The number of rotatable bonds is 5. The third kappa shape index (κ3) is 3.10. The smallest absolute Gasteiger partial charge is 0.260 e. The van der Waals surface area contributed by atoms with Gasteiger partial charge in [-0.05, 0) is 24.1 Å². The minimum Gasteiger partial charge on any atom is -0.378 e. The lowest BCUT2D eigenvalue weighted by atomic mass is 10.1. The molecule has 118 valence electrons. The summed E-state index contributed by atoms with van der Waals surface area (Å²) in [6, 6.07) is 16.6. The Hall–Kier alpha value is -2.66. The highest BCUT2D eigenvalue weighted by atomic mass is 16.3. The van der Waals surface area contributed by atoms with Gasteiger partial charge in [-0.25, -0.2) is 4.98 Å². The second kappa shape index (κ2) is 6.62. The van der Waals surface area contributed by atoms with Gasteiger partial charge in [-0.1, -0.05) is 49.4 Å². The van der Waals surface area contributed by atoms with E-state index in [1.54, 1.807) is 24.3 Å². The fraction of sp³-hybridized carbons (Fsp3) is 0.222. The van der Waals surface area contributed by atoms with Crippen molar-refractivity contribution in [2.45, 2.75) is 26.0 Å². The molecule has 3 rings (SSSR count). The van der Waals surface area contributed by atoms with Crippen molar-refractivity contribution in [3.05, 3.63) is 60.2 Å². The zero-order chi connectivity index (χ0) is 16.2. The second-order valence-electron chi connectivity index (χ2n) is 5.38. The highest BCUT2D eigenvalue weighted by molar-refractivity contribution is 5.95. The van der Waals surface area contributed by atoms with Crippen molar-refractivity contribution in [2.24, 2.45) is 0 Å². The van der Waals surface area contributed by atoms with Crippen molar-refractivity contribution >= 4 is 22.9 Å². The maximum absolute atomic E-state index is 12.3. The number of amides is 1. The highest BCUT2D eigenvalue weighted by Crippen LogP contribution is 2.21. The van der Waals surface area contributed by atoms with Gasteiger partial charge in [0.05, 0.1) is 11.0 Å². The van der Waals surface area contributed by atoms with Gasteiger partial charge in [0, 0.05) is 6.54 Å². The summed E-state index contributed by atoms with van der Waals surface area (Å²) in [5, 5.41) is 12.9. The molecule has 1 aromatic heterocycles. The first kappa shape index (κ1) is 15.2. The summed E-state index contributed by atoms with van der Waals surface area (Å²) in [5.41, 5.74) is 2.35. The molecule has 0 spiro atoms. The predicted molar refractivity (Wildman–Crippen MR) is 90.1 cm³/mol. The predicted octanol–water partition coefficient (Wildman–Crippen LogP) is 3.12. The van der Waals surface area contributed by atoms with E-state index in [1.165, 1.54) is 0 Å². The van der Waals surface area contributed by atoms with E-state index < -0.39 is 12.0 Å². The Labute approximate surface area is 134 Å². The van der Waals surface area contributed by atoms with Crippen LogP contribution in [0.25, 0.3) is 11.0 Å². The van der Waals surface area contributed by atoms with E-state index in [4.69, 9.17) is 0 Å². The molecule has 5 heteroatoms. The number of fused-ring (bicyclic) bond motifs is 1. The second-order valence-corrected chi connectivity index (χ2v) is 5.38. The van der Waals surface area contributed by atoms with Gasteiger partial charge >= 0.3 is 0 Å². The molecule has 0 aliphatic rings. The maximum atomic E-state index is 12.3. The third-order valence-corrected chi connectivity index (χ3v) is 3.70. The summed E-state index contributed by atoms with van der Waals surface area (Å²) >= 11 is 0. The fourth-order valence-corrected chi connectivity index (χ4v) is 2.59. The molecule has 23 heavy (non-hydrogen) atoms. The fourth-order valence-electron chi connectivity index (χ4n) is 2.59. The summed E-state index contributed by atoms with van der Waals surface area (Å²) in [6.45, 7) is 2.82. The molecular weight excluding hydrogens is 290 g/mol. The molecule has 0 fully saturated rings. The molecule has 0 aliphatic heterocycles. The van der Waals surface area contributed by atoms with Gasteiger partial charge in [0.25, 0.3) is 5.91 Å². The van der Waals surface area contributed by atoms with Gasteiger partial charge in [0.15, 0.2) is 6.10 Å². The molecule has 1 amide bonds. The van der Waals surface area contributed by atoms with Gasteiger partial charge < -0.3 is 9.67 Å². The zero-order valence-corrected chi connectivity index (χ0v) is 12.9. The number of para-hydroxylation sites is 2. The molecule has 1 heterocycles. The normalized spacial score (nSPS) is 12.3. The molecule has 1 atom stereocenters. The number of carbonyl (C=O) groups excluding carboxylic acids is 1. The largest absolute Gasteiger partial charge is 0.378 e. The average molecular weight is 309 g/mol. The number of aryl methyl sites for hydroxylation is 1. The molecule has 0 aliphatic carbocycles. The van der Waals surface area contributed by atoms with Gasteiger partial charge in [0.1, 0.15) is 0 Å². The number of nitrogens with zero attached hydrogens (tertiary/aromatic N) is 2. The number of aliphatic hydroxyl groups is 1. The van der Waals surface area contributed by atoms with E-state index in [-0.39, 0.29) is 0 Å². The first-order valence-electron chi connectivity index (χ1n) is 7.70. The molecule has 2 N–H and O–H groups in total. The lowest BCUT2D eigenvalue weighted by Gasteiger charge is -2.12. The maximum Gasteiger partial charge on any atom is 0.260 e. The number of benzene rings is 2. The van der Waals surface area contributed by atoms with Crippen LogP contribution in [-0.2, 0) is 11.3 Å². The molecule has 0 saturated heterocycles. The Balaban J connectivity index is 1.88. The van der Waals surface area contributed by atoms with Gasteiger partial charge in [-0.2, -0.15) is 0 Å². The highest BCUT2D eigenvalue weighted by Gasteiger charge is 2.20. The van der Waals surface area contributed by atoms with Crippen LogP contribution >= 0.6 is 0 Å². The monoisotopic (exact) mass is 309 g/mol. The van der Waals surface area contributed by atoms with Crippen molar-refractivity contribution in [3.63, 3.8) is 0 Å². The van der Waals surface area contributed by atoms with Crippen LogP contribution < -0.4 is 5.32 Å². The van der Waals surface area contributed by atoms with Crippen LogP contribution in [0.1, 0.15) is 25.0 Å². The van der Waals surface area contributed by atoms with Crippen LogP contribution in [0.4, 0.5) is 5.95 Å². The minimum absolute atomic E-state index is 0.466. The van der Waals surface area contributed by atoms with Crippen LogP contribution in [0.3, 0.4) is 0 Å². The first-order valence-corrected chi connectivity index (χ1v) is 7.70. The van der Waals surface area contributed by atoms with Crippen LogP contribution in [0.15, 0.2) is 54.6 Å². The van der Waals surface area contributed by atoms with Crippen molar-refractivity contribution in [1.82, 2.24) is 9.55 Å². The SMILES string of the molecule is CCCn1c(NC(=O)C(O)c2ccccc2)nc2ccccc21. The van der Waals surface area contributed by atoms with E-state index in [2.05, 4.69) is 17.2 Å². The number of imidazole rings is 1. The topological polar surface area (TPSA) is 67.2 Å². The summed E-state index contributed by atoms with van der Waals surface area (Å²) in [6.07, 6.45) is -0.295. The number of carbonyl (C=O) groups is 1. The van der Waals surface area contributed by atoms with E-state index in [0.717, 1.165) is 24.0 Å². The van der Waals surface area contributed by atoms with E-state index >= 15 is 0 Å². The Kier molecular flexibility index (Phi) is 4.39. The van der Waals surface area contributed by atoms with Gasteiger partial charge in [-0.3, -0.25) is 10.1 Å². The van der Waals surface area contributed by atoms with Crippen molar-refractivity contribution < 1.29 is 9.90 Å². The van der Waals surface area contributed by atoms with E-state index in [9.17, 15) is 9.90 Å². The Morgan fingerprint density at radius 2 is 1.87 bits per heavy atom.